The lowest BCUT2D eigenvalue weighted by molar-refractivity contribution is 0.0782. The molecular formula is C21H21FN4OS. The molecule has 1 aromatic carbocycles. The highest BCUT2D eigenvalue weighted by atomic mass is 32.1. The summed E-state index contributed by atoms with van der Waals surface area (Å²) in [7, 11) is 0. The first-order valence-corrected chi connectivity index (χ1v) is 9.82. The number of fused-ring (bicyclic) bond motifs is 3. The minimum absolute atomic E-state index is 0.282. The highest BCUT2D eigenvalue weighted by molar-refractivity contribution is 7.26. The third-order valence-electron chi connectivity index (χ3n) is 4.76. The summed E-state index contributed by atoms with van der Waals surface area (Å²) in [5, 5.41) is 14.3. The van der Waals surface area contributed by atoms with Crippen LogP contribution in [0.1, 0.15) is 36.2 Å². The number of aliphatic hydroxyl groups is 1. The van der Waals surface area contributed by atoms with Crippen LogP contribution >= 0.6 is 11.3 Å². The van der Waals surface area contributed by atoms with Gasteiger partial charge in [-0.3, -0.25) is 0 Å². The summed E-state index contributed by atoms with van der Waals surface area (Å²) in [5.74, 6) is 0.304. The first-order chi connectivity index (χ1) is 13.2. The molecule has 3 heterocycles. The molecule has 7 heteroatoms. The van der Waals surface area contributed by atoms with Crippen LogP contribution in [-0.2, 0) is 12.1 Å². The summed E-state index contributed by atoms with van der Waals surface area (Å²) >= 11 is 1.54. The smallest absolute Gasteiger partial charge is 0.147 e. The van der Waals surface area contributed by atoms with Crippen molar-refractivity contribution >= 4 is 37.6 Å². The van der Waals surface area contributed by atoms with Crippen molar-refractivity contribution in [3.8, 4) is 0 Å². The fraction of sp³-hybridized carbons (Fsp3) is 0.286. The summed E-state index contributed by atoms with van der Waals surface area (Å²) < 4.78 is 15.4. The van der Waals surface area contributed by atoms with E-state index in [1.165, 1.54) is 23.7 Å². The average Bonchev–Trinajstić information content (AvgIpc) is 2.98. The van der Waals surface area contributed by atoms with E-state index in [4.69, 9.17) is 0 Å². The highest BCUT2D eigenvalue weighted by Gasteiger charge is 2.18. The van der Waals surface area contributed by atoms with Crippen molar-refractivity contribution in [3.05, 3.63) is 58.8 Å². The zero-order chi connectivity index (χ0) is 20.1. The van der Waals surface area contributed by atoms with E-state index in [0.717, 1.165) is 31.7 Å². The Labute approximate surface area is 166 Å². The lowest BCUT2D eigenvalue weighted by Crippen LogP contribution is -2.16. The molecule has 0 aliphatic rings. The predicted octanol–water partition coefficient (Wildman–Crippen LogP) is 4.83. The molecule has 0 aliphatic carbocycles. The second kappa shape index (κ2) is 6.76. The Bertz CT molecular complexity index is 1200. The van der Waals surface area contributed by atoms with Crippen molar-refractivity contribution < 1.29 is 9.50 Å². The Morgan fingerprint density at radius 2 is 1.96 bits per heavy atom. The van der Waals surface area contributed by atoms with Crippen LogP contribution in [0.5, 0.6) is 0 Å². The minimum atomic E-state index is -1.08. The predicted molar refractivity (Wildman–Crippen MR) is 111 cm³/mol. The van der Waals surface area contributed by atoms with Crippen molar-refractivity contribution in [2.75, 3.05) is 5.32 Å². The van der Waals surface area contributed by atoms with Crippen LogP contribution in [0.15, 0.2) is 30.6 Å². The maximum absolute atomic E-state index is 14.5. The number of pyridine rings is 1. The monoisotopic (exact) mass is 396 g/mol. The second-order valence-corrected chi connectivity index (χ2v) is 8.48. The zero-order valence-electron chi connectivity index (χ0n) is 16.2. The molecule has 0 bridgehead atoms. The van der Waals surface area contributed by atoms with E-state index in [2.05, 4.69) is 27.2 Å². The minimum Gasteiger partial charge on any atom is -0.386 e. The molecule has 0 radical (unpaired) electrons. The second-order valence-electron chi connectivity index (χ2n) is 7.48. The van der Waals surface area contributed by atoms with Crippen LogP contribution < -0.4 is 5.32 Å². The van der Waals surface area contributed by atoms with E-state index < -0.39 is 5.60 Å². The molecule has 0 aliphatic heterocycles. The summed E-state index contributed by atoms with van der Waals surface area (Å²) in [6.07, 6.45) is 1.52. The van der Waals surface area contributed by atoms with Gasteiger partial charge in [-0.05, 0) is 51.0 Å². The summed E-state index contributed by atoms with van der Waals surface area (Å²) in [6, 6.07) is 6.85. The SMILES string of the molecule is Cc1cc(C)c2c(n1)sc1c(NCc3ccc(C(C)(C)O)cc3F)ncnc12. The first-order valence-electron chi connectivity index (χ1n) is 9.00. The molecule has 4 rings (SSSR count). The largest absolute Gasteiger partial charge is 0.386 e. The maximum Gasteiger partial charge on any atom is 0.147 e. The molecule has 0 spiro atoms. The Morgan fingerprint density at radius 3 is 2.68 bits per heavy atom. The Kier molecular flexibility index (Phi) is 4.51. The van der Waals surface area contributed by atoms with Gasteiger partial charge in [-0.25, -0.2) is 19.3 Å². The summed E-state index contributed by atoms with van der Waals surface area (Å²) in [5.41, 5.74) is 2.93. The molecule has 2 N–H and O–H groups in total. The molecule has 0 saturated carbocycles. The topological polar surface area (TPSA) is 70.9 Å². The number of nitrogens with one attached hydrogen (secondary N) is 1. The van der Waals surface area contributed by atoms with Crippen molar-refractivity contribution in [1.82, 2.24) is 15.0 Å². The average molecular weight is 396 g/mol. The maximum atomic E-state index is 14.5. The van der Waals surface area contributed by atoms with Gasteiger partial charge in [-0.2, -0.15) is 0 Å². The number of hydrogen-bond acceptors (Lipinski definition) is 6. The molecular weight excluding hydrogens is 375 g/mol. The molecule has 4 aromatic rings. The van der Waals surface area contributed by atoms with Gasteiger partial charge in [0.05, 0.1) is 15.8 Å². The van der Waals surface area contributed by atoms with Crippen LogP contribution in [0.25, 0.3) is 20.4 Å². The van der Waals surface area contributed by atoms with Crippen LogP contribution in [0.3, 0.4) is 0 Å². The number of benzene rings is 1. The van der Waals surface area contributed by atoms with Crippen LogP contribution in [0.2, 0.25) is 0 Å². The van der Waals surface area contributed by atoms with Gasteiger partial charge in [0, 0.05) is 23.2 Å². The fourth-order valence-corrected chi connectivity index (χ4v) is 4.50. The van der Waals surface area contributed by atoms with Crippen molar-refractivity contribution in [2.24, 2.45) is 0 Å². The Morgan fingerprint density at radius 1 is 1.18 bits per heavy atom. The number of thiophene rings is 1. The van der Waals surface area contributed by atoms with E-state index in [0.29, 0.717) is 16.9 Å². The van der Waals surface area contributed by atoms with Crippen LogP contribution in [0.4, 0.5) is 10.2 Å². The van der Waals surface area contributed by atoms with Crippen molar-refractivity contribution in [1.29, 1.82) is 0 Å². The van der Waals surface area contributed by atoms with Gasteiger partial charge < -0.3 is 10.4 Å². The quantitative estimate of drug-likeness (QED) is 0.517. The van der Waals surface area contributed by atoms with E-state index in [-0.39, 0.29) is 12.4 Å². The van der Waals surface area contributed by atoms with Gasteiger partial charge in [0.2, 0.25) is 0 Å². The number of rotatable bonds is 4. The molecule has 5 nitrogen and oxygen atoms in total. The Hall–Kier alpha value is -2.64. The van der Waals surface area contributed by atoms with Crippen LogP contribution in [-0.4, -0.2) is 20.1 Å². The molecule has 144 valence electrons. The number of aromatic nitrogens is 3. The molecule has 0 atom stereocenters. The van der Waals surface area contributed by atoms with Gasteiger partial charge >= 0.3 is 0 Å². The molecule has 28 heavy (non-hydrogen) atoms. The number of aryl methyl sites for hydroxylation is 2. The van der Waals surface area contributed by atoms with E-state index >= 15 is 0 Å². The standard InChI is InChI=1S/C21H21FN4OS/c1-11-7-12(2)26-20-16(11)17-18(28-20)19(25-10-24-17)23-9-13-5-6-14(8-15(13)22)21(3,4)27/h5-8,10,27H,9H2,1-4H3,(H,23,24,25). The molecule has 0 saturated heterocycles. The molecule has 0 amide bonds. The van der Waals surface area contributed by atoms with E-state index in [1.54, 1.807) is 26.0 Å². The highest BCUT2D eigenvalue weighted by Crippen LogP contribution is 2.36. The van der Waals surface area contributed by atoms with Gasteiger partial charge in [-0.15, -0.1) is 11.3 Å². The fourth-order valence-electron chi connectivity index (χ4n) is 3.29. The van der Waals surface area contributed by atoms with Gasteiger partial charge in [-0.1, -0.05) is 12.1 Å². The molecule has 3 aromatic heterocycles. The number of hydrogen-bond donors (Lipinski definition) is 2. The third-order valence-corrected chi connectivity index (χ3v) is 5.84. The van der Waals surface area contributed by atoms with E-state index in [9.17, 15) is 9.50 Å². The van der Waals surface area contributed by atoms with E-state index in [1.807, 2.05) is 13.0 Å². The van der Waals surface area contributed by atoms with Crippen molar-refractivity contribution in [2.45, 2.75) is 39.8 Å². The lowest BCUT2D eigenvalue weighted by Gasteiger charge is -2.18. The summed E-state index contributed by atoms with van der Waals surface area (Å²) in [4.78, 5) is 14.3. The lowest BCUT2D eigenvalue weighted by atomic mass is 9.97. The summed E-state index contributed by atoms with van der Waals surface area (Å²) in [6.45, 7) is 7.58. The van der Waals surface area contributed by atoms with Gasteiger partial charge in [0.1, 0.15) is 22.8 Å². The first kappa shape index (κ1) is 18.7. The molecule has 0 unspecified atom stereocenters. The normalized spacial score (nSPS) is 12.1. The number of anilines is 1. The number of halogens is 1. The van der Waals surface area contributed by atoms with Gasteiger partial charge in [0.25, 0.3) is 0 Å². The number of nitrogens with zero attached hydrogens (tertiary/aromatic N) is 3. The Balaban J connectivity index is 1.68. The third kappa shape index (κ3) is 3.31. The zero-order valence-corrected chi connectivity index (χ0v) is 17.0. The van der Waals surface area contributed by atoms with Crippen LogP contribution in [0, 0.1) is 19.7 Å². The van der Waals surface area contributed by atoms with Gasteiger partial charge in [0.15, 0.2) is 0 Å². The molecule has 0 fully saturated rings. The van der Waals surface area contributed by atoms with Crippen molar-refractivity contribution in [3.63, 3.8) is 0 Å².